The molecular formula is C20H32IN5S. The number of pyridine rings is 1. The van der Waals surface area contributed by atoms with Crippen molar-refractivity contribution in [3.05, 3.63) is 46.8 Å². The van der Waals surface area contributed by atoms with E-state index in [1.54, 1.807) is 17.5 Å². The Morgan fingerprint density at radius 1 is 1.11 bits per heavy atom. The van der Waals surface area contributed by atoms with E-state index in [4.69, 9.17) is 4.99 Å². The Morgan fingerprint density at radius 2 is 1.93 bits per heavy atom. The van der Waals surface area contributed by atoms with Gasteiger partial charge in [0.15, 0.2) is 5.96 Å². The minimum Gasteiger partial charge on any atom is -0.370 e. The molecule has 2 aromatic rings. The van der Waals surface area contributed by atoms with E-state index in [0.29, 0.717) is 0 Å². The van der Waals surface area contributed by atoms with Gasteiger partial charge in [0.2, 0.25) is 0 Å². The van der Waals surface area contributed by atoms with Crippen LogP contribution in [-0.4, -0.2) is 37.1 Å². The van der Waals surface area contributed by atoms with Crippen molar-refractivity contribution in [1.29, 1.82) is 0 Å². The number of hydrogen-bond donors (Lipinski definition) is 3. The number of hydrogen-bond acceptors (Lipinski definition) is 4. The number of nitrogens with zero attached hydrogens (tertiary/aromatic N) is 2. The molecule has 2 heterocycles. The number of nitrogens with one attached hydrogen (secondary N) is 3. The fourth-order valence-corrected chi connectivity index (χ4v) is 3.35. The molecule has 27 heavy (non-hydrogen) atoms. The van der Waals surface area contributed by atoms with Gasteiger partial charge in [-0.1, -0.05) is 26.0 Å². The fraction of sp³-hybridized carbons (Fsp3) is 0.500. The van der Waals surface area contributed by atoms with Crippen LogP contribution in [0.1, 0.15) is 38.5 Å². The van der Waals surface area contributed by atoms with Crippen molar-refractivity contribution in [1.82, 2.24) is 15.6 Å². The molecule has 0 aliphatic rings. The SMILES string of the molecule is CCNC(=NCC(C)(C)c1cccs1)NCCCCNc1ccccn1.I. The quantitative estimate of drug-likeness (QED) is 0.194. The smallest absolute Gasteiger partial charge is 0.191 e. The molecular weight excluding hydrogens is 469 g/mol. The Kier molecular flexibility index (Phi) is 11.3. The van der Waals surface area contributed by atoms with E-state index in [9.17, 15) is 0 Å². The van der Waals surface area contributed by atoms with Crippen LogP contribution in [0.5, 0.6) is 0 Å². The zero-order valence-corrected chi connectivity index (χ0v) is 19.6. The molecule has 0 amide bonds. The highest BCUT2D eigenvalue weighted by Crippen LogP contribution is 2.27. The third-order valence-corrected chi connectivity index (χ3v) is 5.27. The van der Waals surface area contributed by atoms with Gasteiger partial charge in [-0.25, -0.2) is 4.98 Å². The lowest BCUT2D eigenvalue weighted by atomic mass is 9.92. The summed E-state index contributed by atoms with van der Waals surface area (Å²) in [4.78, 5) is 10.4. The Labute approximate surface area is 184 Å². The third kappa shape index (κ3) is 8.92. The van der Waals surface area contributed by atoms with E-state index in [0.717, 1.165) is 50.8 Å². The number of aromatic nitrogens is 1. The predicted molar refractivity (Wildman–Crippen MR) is 129 cm³/mol. The van der Waals surface area contributed by atoms with Gasteiger partial charge >= 0.3 is 0 Å². The molecule has 2 rings (SSSR count). The molecule has 0 saturated heterocycles. The summed E-state index contributed by atoms with van der Waals surface area (Å²) < 4.78 is 0. The summed E-state index contributed by atoms with van der Waals surface area (Å²) in [7, 11) is 0. The second-order valence-corrected chi connectivity index (χ2v) is 7.78. The maximum absolute atomic E-state index is 4.78. The van der Waals surface area contributed by atoms with E-state index in [1.165, 1.54) is 4.88 Å². The molecule has 3 N–H and O–H groups in total. The molecule has 2 aromatic heterocycles. The van der Waals surface area contributed by atoms with Gasteiger partial charge in [0.1, 0.15) is 5.82 Å². The normalized spacial score (nSPS) is 11.6. The molecule has 0 unspecified atom stereocenters. The lowest BCUT2D eigenvalue weighted by Gasteiger charge is -2.21. The summed E-state index contributed by atoms with van der Waals surface area (Å²) in [5.41, 5.74) is 0.0587. The molecule has 0 atom stereocenters. The number of unbranched alkanes of at least 4 members (excludes halogenated alkanes) is 1. The van der Waals surface area contributed by atoms with Crippen LogP contribution in [0.4, 0.5) is 5.82 Å². The number of anilines is 1. The maximum atomic E-state index is 4.78. The van der Waals surface area contributed by atoms with E-state index in [-0.39, 0.29) is 29.4 Å². The molecule has 0 aromatic carbocycles. The highest BCUT2D eigenvalue weighted by molar-refractivity contribution is 14.0. The monoisotopic (exact) mass is 501 g/mol. The first kappa shape index (κ1) is 23.7. The topological polar surface area (TPSA) is 61.3 Å². The van der Waals surface area contributed by atoms with Crippen LogP contribution in [0.15, 0.2) is 46.9 Å². The zero-order chi connectivity index (χ0) is 18.7. The van der Waals surface area contributed by atoms with Crippen LogP contribution >= 0.6 is 35.3 Å². The largest absolute Gasteiger partial charge is 0.370 e. The van der Waals surface area contributed by atoms with Crippen LogP contribution in [-0.2, 0) is 5.41 Å². The van der Waals surface area contributed by atoms with Crippen molar-refractivity contribution in [3.8, 4) is 0 Å². The number of rotatable bonds is 10. The first-order valence-corrected chi connectivity index (χ1v) is 10.2. The van der Waals surface area contributed by atoms with Gasteiger partial charge in [0, 0.05) is 36.1 Å². The van der Waals surface area contributed by atoms with Gasteiger partial charge in [0.05, 0.1) is 6.54 Å². The molecule has 0 fully saturated rings. The van der Waals surface area contributed by atoms with Crippen LogP contribution in [0.2, 0.25) is 0 Å². The van der Waals surface area contributed by atoms with Crippen molar-refractivity contribution in [2.75, 3.05) is 31.5 Å². The first-order chi connectivity index (χ1) is 12.6. The molecule has 0 bridgehead atoms. The predicted octanol–water partition coefficient (Wildman–Crippen LogP) is 4.49. The summed E-state index contributed by atoms with van der Waals surface area (Å²) in [5.74, 6) is 1.83. The zero-order valence-electron chi connectivity index (χ0n) is 16.5. The summed E-state index contributed by atoms with van der Waals surface area (Å²) in [5, 5.41) is 12.2. The van der Waals surface area contributed by atoms with Gasteiger partial charge in [-0.15, -0.1) is 35.3 Å². The average molecular weight is 501 g/mol. The molecule has 0 radical (unpaired) electrons. The standard InChI is InChI=1S/C20H31N5S.HI/c1-4-21-19(25-16-20(2,3)17-10-9-15-26-17)24-14-8-7-13-23-18-11-5-6-12-22-18;/h5-6,9-12,15H,4,7-8,13-14,16H2,1-3H3,(H,22,23)(H2,21,24,25);1H. The lowest BCUT2D eigenvalue weighted by molar-refractivity contribution is 0.548. The second-order valence-electron chi connectivity index (χ2n) is 6.83. The highest BCUT2D eigenvalue weighted by Gasteiger charge is 2.21. The molecule has 0 saturated carbocycles. The number of thiophene rings is 1. The van der Waals surface area contributed by atoms with Crippen LogP contribution in [0, 0.1) is 0 Å². The molecule has 0 spiro atoms. The minimum absolute atomic E-state index is 0. The number of halogens is 1. The average Bonchev–Trinajstić information content (AvgIpc) is 3.19. The number of guanidine groups is 1. The van der Waals surface area contributed by atoms with Gasteiger partial charge in [-0.3, -0.25) is 4.99 Å². The molecule has 0 aliphatic carbocycles. The van der Waals surface area contributed by atoms with Crippen molar-refractivity contribution in [2.45, 2.75) is 39.0 Å². The van der Waals surface area contributed by atoms with Crippen LogP contribution in [0.3, 0.4) is 0 Å². The summed E-state index contributed by atoms with van der Waals surface area (Å²) in [6.07, 6.45) is 3.98. The molecule has 150 valence electrons. The Hall–Kier alpha value is -1.35. The van der Waals surface area contributed by atoms with Crippen LogP contribution < -0.4 is 16.0 Å². The van der Waals surface area contributed by atoms with Crippen molar-refractivity contribution in [3.63, 3.8) is 0 Å². The Bertz CT molecular complexity index is 644. The molecule has 7 heteroatoms. The Morgan fingerprint density at radius 3 is 2.59 bits per heavy atom. The van der Waals surface area contributed by atoms with Crippen molar-refractivity contribution < 1.29 is 0 Å². The number of aliphatic imine (C=N–C) groups is 1. The lowest BCUT2D eigenvalue weighted by Crippen LogP contribution is -2.39. The second kappa shape index (κ2) is 12.9. The summed E-state index contributed by atoms with van der Waals surface area (Å²) >= 11 is 1.80. The third-order valence-electron chi connectivity index (χ3n) is 4.03. The van der Waals surface area contributed by atoms with Crippen molar-refractivity contribution in [2.24, 2.45) is 4.99 Å². The van der Waals surface area contributed by atoms with E-state index in [2.05, 4.69) is 59.2 Å². The van der Waals surface area contributed by atoms with E-state index >= 15 is 0 Å². The maximum Gasteiger partial charge on any atom is 0.191 e. The first-order valence-electron chi connectivity index (χ1n) is 9.33. The summed E-state index contributed by atoms with van der Waals surface area (Å²) in [6.45, 7) is 10.1. The van der Waals surface area contributed by atoms with Gasteiger partial charge < -0.3 is 16.0 Å². The van der Waals surface area contributed by atoms with Gasteiger partial charge in [-0.05, 0) is 43.3 Å². The Balaban J connectivity index is 0.00000364. The van der Waals surface area contributed by atoms with Gasteiger partial charge in [0.25, 0.3) is 0 Å². The van der Waals surface area contributed by atoms with E-state index < -0.39 is 0 Å². The molecule has 0 aliphatic heterocycles. The minimum atomic E-state index is 0. The fourth-order valence-electron chi connectivity index (χ4n) is 2.50. The van der Waals surface area contributed by atoms with E-state index in [1.807, 2.05) is 18.2 Å². The van der Waals surface area contributed by atoms with Crippen LogP contribution in [0.25, 0.3) is 0 Å². The van der Waals surface area contributed by atoms with Gasteiger partial charge in [-0.2, -0.15) is 0 Å². The highest BCUT2D eigenvalue weighted by atomic mass is 127. The molecule has 5 nitrogen and oxygen atoms in total. The summed E-state index contributed by atoms with van der Waals surface area (Å²) in [6, 6.07) is 10.2. The van der Waals surface area contributed by atoms with Crippen molar-refractivity contribution >= 4 is 47.1 Å².